The van der Waals surface area contributed by atoms with E-state index >= 15 is 0 Å². The third-order valence-corrected chi connectivity index (χ3v) is 3.70. The Balaban J connectivity index is 2.18. The van der Waals surface area contributed by atoms with Crippen LogP contribution in [-0.2, 0) is 4.74 Å². The fourth-order valence-corrected chi connectivity index (χ4v) is 2.37. The molecule has 1 unspecified atom stereocenters. The smallest absolute Gasteiger partial charge is 0.338 e. The van der Waals surface area contributed by atoms with Gasteiger partial charge in [0, 0.05) is 11.5 Å². The van der Waals surface area contributed by atoms with E-state index in [2.05, 4.69) is 0 Å². The highest BCUT2D eigenvalue weighted by Crippen LogP contribution is 2.30. The summed E-state index contributed by atoms with van der Waals surface area (Å²) in [6.45, 7) is 4.12. The summed E-state index contributed by atoms with van der Waals surface area (Å²) in [5.74, 6) is 0.596. The first-order valence-electron chi connectivity index (χ1n) is 7.87. The maximum atomic E-state index is 11.8. The van der Waals surface area contributed by atoms with Crippen molar-refractivity contribution in [3.8, 4) is 11.5 Å². The Bertz CT molecular complexity index is 734. The molecule has 0 bridgehead atoms. The number of aromatic hydroxyl groups is 1. The number of phenols is 1. The van der Waals surface area contributed by atoms with Crippen LogP contribution in [0.3, 0.4) is 0 Å². The third kappa shape index (κ3) is 4.38. The van der Waals surface area contributed by atoms with Crippen LogP contribution in [0.15, 0.2) is 48.5 Å². The van der Waals surface area contributed by atoms with Gasteiger partial charge in [0.1, 0.15) is 11.5 Å². The van der Waals surface area contributed by atoms with E-state index < -0.39 is 0 Å². The summed E-state index contributed by atoms with van der Waals surface area (Å²) < 4.78 is 10.2. The van der Waals surface area contributed by atoms with Crippen molar-refractivity contribution in [1.82, 2.24) is 0 Å². The Hall–Kier alpha value is -2.75. The van der Waals surface area contributed by atoms with E-state index in [9.17, 15) is 9.90 Å². The van der Waals surface area contributed by atoms with Crippen molar-refractivity contribution in [2.24, 2.45) is 0 Å². The van der Waals surface area contributed by atoms with E-state index in [0.29, 0.717) is 17.9 Å². The molecule has 0 spiro atoms. The summed E-state index contributed by atoms with van der Waals surface area (Å²) in [5, 5.41) is 10.0. The Kier molecular flexibility index (Phi) is 6.01. The maximum Gasteiger partial charge on any atom is 0.338 e. The molecule has 0 aliphatic carbocycles. The predicted octanol–water partition coefficient (Wildman–Crippen LogP) is 4.39. The number of benzene rings is 2. The highest BCUT2D eigenvalue weighted by Gasteiger charge is 2.10. The number of phenolic OH excluding ortho intramolecular Hbond substituents is 1. The molecule has 0 fully saturated rings. The normalized spacial score (nSPS) is 12.1. The molecule has 2 aromatic rings. The summed E-state index contributed by atoms with van der Waals surface area (Å²) >= 11 is 0. The number of allylic oxidation sites excluding steroid dienone is 1. The van der Waals surface area contributed by atoms with Gasteiger partial charge in [-0.25, -0.2) is 4.79 Å². The number of hydrogen-bond donors (Lipinski definition) is 1. The second-order valence-electron chi connectivity index (χ2n) is 5.42. The minimum Gasteiger partial charge on any atom is -0.508 e. The number of ether oxygens (including phenoxy) is 2. The van der Waals surface area contributed by atoms with Gasteiger partial charge in [0.25, 0.3) is 0 Å². The molecule has 4 nitrogen and oxygen atoms in total. The topological polar surface area (TPSA) is 55.8 Å². The zero-order valence-electron chi connectivity index (χ0n) is 14.2. The number of rotatable bonds is 6. The summed E-state index contributed by atoms with van der Waals surface area (Å²) in [5.41, 5.74) is 2.21. The van der Waals surface area contributed by atoms with Crippen LogP contribution in [0, 0.1) is 0 Å². The van der Waals surface area contributed by atoms with Crippen LogP contribution < -0.4 is 4.74 Å². The first-order chi connectivity index (χ1) is 11.5. The molecule has 4 heteroatoms. The van der Waals surface area contributed by atoms with Gasteiger partial charge in [0.2, 0.25) is 0 Å². The molecule has 0 aromatic heterocycles. The quantitative estimate of drug-likeness (QED) is 0.800. The van der Waals surface area contributed by atoms with Gasteiger partial charge in [-0.05, 0) is 42.8 Å². The average Bonchev–Trinajstić information content (AvgIpc) is 2.60. The molecule has 0 amide bonds. The predicted molar refractivity (Wildman–Crippen MR) is 94.5 cm³/mol. The van der Waals surface area contributed by atoms with E-state index in [1.54, 1.807) is 38.3 Å². The summed E-state index contributed by atoms with van der Waals surface area (Å²) in [4.78, 5) is 11.8. The van der Waals surface area contributed by atoms with E-state index in [0.717, 1.165) is 11.1 Å². The number of carbonyl (C=O) groups is 1. The molecular weight excluding hydrogens is 304 g/mol. The van der Waals surface area contributed by atoms with Gasteiger partial charge in [-0.1, -0.05) is 31.2 Å². The number of hydrogen-bond acceptors (Lipinski definition) is 4. The van der Waals surface area contributed by atoms with Crippen LogP contribution in [0.2, 0.25) is 0 Å². The number of carbonyl (C=O) groups excluding carboxylic acids is 1. The van der Waals surface area contributed by atoms with Gasteiger partial charge < -0.3 is 14.6 Å². The van der Waals surface area contributed by atoms with Gasteiger partial charge in [-0.15, -0.1) is 0 Å². The minimum absolute atomic E-state index is 0.00801. The van der Waals surface area contributed by atoms with Crippen molar-refractivity contribution in [1.29, 1.82) is 0 Å². The molecule has 0 radical (unpaired) electrons. The molecule has 0 heterocycles. The Morgan fingerprint density at radius 1 is 1.25 bits per heavy atom. The molecule has 1 N–H and O–H groups in total. The van der Waals surface area contributed by atoms with E-state index in [4.69, 9.17) is 9.47 Å². The third-order valence-electron chi connectivity index (χ3n) is 3.70. The molecule has 0 aliphatic heterocycles. The zero-order chi connectivity index (χ0) is 17.5. The van der Waals surface area contributed by atoms with Crippen molar-refractivity contribution in [2.75, 3.05) is 13.7 Å². The second-order valence-corrected chi connectivity index (χ2v) is 5.42. The number of esters is 1. The van der Waals surface area contributed by atoms with Crippen molar-refractivity contribution >= 4 is 12.0 Å². The molecule has 0 saturated carbocycles. The lowest BCUT2D eigenvalue weighted by Crippen LogP contribution is -2.04. The van der Waals surface area contributed by atoms with Crippen molar-refractivity contribution in [2.45, 2.75) is 19.8 Å². The molecule has 126 valence electrons. The Morgan fingerprint density at radius 3 is 2.75 bits per heavy atom. The van der Waals surface area contributed by atoms with Crippen molar-refractivity contribution in [3.05, 3.63) is 65.2 Å². The summed E-state index contributed by atoms with van der Waals surface area (Å²) in [6.07, 6.45) is 3.89. The van der Waals surface area contributed by atoms with Crippen LogP contribution in [0.1, 0.15) is 41.3 Å². The summed E-state index contributed by atoms with van der Waals surface area (Å²) in [7, 11) is 1.59. The van der Waals surface area contributed by atoms with E-state index in [1.165, 1.54) is 0 Å². The van der Waals surface area contributed by atoms with Crippen LogP contribution in [0.5, 0.6) is 11.5 Å². The van der Waals surface area contributed by atoms with Gasteiger partial charge in [-0.2, -0.15) is 0 Å². The first kappa shape index (κ1) is 17.6. The number of methoxy groups -OCH3 is 1. The summed E-state index contributed by atoms with van der Waals surface area (Å²) in [6, 6.07) is 12.4. The fraction of sp³-hybridized carbons (Fsp3) is 0.250. The maximum absolute atomic E-state index is 11.8. The molecule has 2 aromatic carbocycles. The molecular formula is C20H22O4. The fourth-order valence-electron chi connectivity index (χ4n) is 2.37. The SMILES string of the molecule is CCOC(=O)c1cccc(C=CC(C)c2cc(OC)ccc2O)c1. The van der Waals surface area contributed by atoms with Gasteiger partial charge in [0.05, 0.1) is 19.3 Å². The van der Waals surface area contributed by atoms with E-state index in [-0.39, 0.29) is 17.6 Å². The standard InChI is InChI=1S/C20H22O4/c1-4-24-20(22)16-7-5-6-15(12-16)9-8-14(2)18-13-17(23-3)10-11-19(18)21/h5-14,21H,4H2,1-3H3. The molecule has 1 atom stereocenters. The molecule has 0 aliphatic rings. The lowest BCUT2D eigenvalue weighted by molar-refractivity contribution is 0.0526. The molecule has 24 heavy (non-hydrogen) atoms. The van der Waals surface area contributed by atoms with Crippen molar-refractivity contribution in [3.63, 3.8) is 0 Å². The van der Waals surface area contributed by atoms with Crippen LogP contribution >= 0.6 is 0 Å². The van der Waals surface area contributed by atoms with Crippen LogP contribution in [0.25, 0.3) is 6.08 Å². The van der Waals surface area contributed by atoms with Crippen molar-refractivity contribution < 1.29 is 19.4 Å². The van der Waals surface area contributed by atoms with Gasteiger partial charge >= 0.3 is 5.97 Å². The van der Waals surface area contributed by atoms with E-state index in [1.807, 2.05) is 37.3 Å². The van der Waals surface area contributed by atoms with Crippen LogP contribution in [-0.4, -0.2) is 24.8 Å². The largest absolute Gasteiger partial charge is 0.508 e. The highest BCUT2D eigenvalue weighted by molar-refractivity contribution is 5.90. The van der Waals surface area contributed by atoms with Gasteiger partial charge in [-0.3, -0.25) is 0 Å². The average molecular weight is 326 g/mol. The lowest BCUT2D eigenvalue weighted by atomic mass is 9.98. The first-order valence-corrected chi connectivity index (χ1v) is 7.87. The highest BCUT2D eigenvalue weighted by atomic mass is 16.5. The van der Waals surface area contributed by atoms with Crippen LogP contribution in [0.4, 0.5) is 0 Å². The lowest BCUT2D eigenvalue weighted by Gasteiger charge is -2.11. The van der Waals surface area contributed by atoms with Gasteiger partial charge in [0.15, 0.2) is 0 Å². The molecule has 0 saturated heterocycles. The Morgan fingerprint density at radius 2 is 2.04 bits per heavy atom. The Labute approximate surface area is 142 Å². The monoisotopic (exact) mass is 326 g/mol. The molecule has 2 rings (SSSR count). The second kappa shape index (κ2) is 8.20. The zero-order valence-corrected chi connectivity index (χ0v) is 14.2. The minimum atomic E-state index is -0.328.